The van der Waals surface area contributed by atoms with Crippen LogP contribution in [-0.2, 0) is 9.53 Å². The van der Waals surface area contributed by atoms with Crippen molar-refractivity contribution in [1.29, 1.82) is 0 Å². The third-order valence-corrected chi connectivity index (χ3v) is 16.5. The van der Waals surface area contributed by atoms with Crippen LogP contribution in [0.2, 0.25) is 0 Å². The van der Waals surface area contributed by atoms with Gasteiger partial charge in [-0.25, -0.2) is 0 Å². The van der Waals surface area contributed by atoms with Gasteiger partial charge in [-0.1, -0.05) is 0 Å². The van der Waals surface area contributed by atoms with E-state index < -0.39 is 15.2 Å². The minimum atomic E-state index is -2.17. The second-order valence-corrected chi connectivity index (χ2v) is 18.5. The van der Waals surface area contributed by atoms with Crippen LogP contribution < -0.4 is 21.2 Å². The fourth-order valence-corrected chi connectivity index (χ4v) is 14.6. The number of halogens is 1. The fourth-order valence-electron chi connectivity index (χ4n) is 5.40. The summed E-state index contributed by atoms with van der Waals surface area (Å²) in [6.07, 6.45) is 5.67. The van der Waals surface area contributed by atoms with Gasteiger partial charge < -0.3 is 0 Å². The van der Waals surface area contributed by atoms with E-state index in [2.05, 4.69) is 137 Å². The molecule has 0 aliphatic heterocycles. The van der Waals surface area contributed by atoms with E-state index in [4.69, 9.17) is 4.74 Å². The maximum atomic E-state index is 12.2. The van der Waals surface area contributed by atoms with E-state index in [0.29, 0.717) is 6.61 Å². The molecule has 0 saturated heterocycles. The molecule has 210 valence electrons. The number of hydrogen-bond acceptors (Lipinski definition) is 2. The predicted molar refractivity (Wildman–Crippen MR) is 182 cm³/mol. The fraction of sp³-hybridized carbons (Fsp3) is 0.286. The van der Waals surface area contributed by atoms with Gasteiger partial charge in [0.1, 0.15) is 0 Å². The summed E-state index contributed by atoms with van der Waals surface area (Å²) in [6.45, 7) is 4.18. The average Bonchev–Trinajstić information content (AvgIpc) is 3.01. The molecule has 40 heavy (non-hydrogen) atoms. The van der Waals surface area contributed by atoms with Crippen LogP contribution in [0, 0.1) is 5.92 Å². The van der Waals surface area contributed by atoms with Crippen molar-refractivity contribution in [3.05, 3.63) is 121 Å². The Morgan fingerprint density at radius 2 is 1.18 bits per heavy atom. The SMILES string of the molecule is CC(C)C(=O)OCC(Br)C[PH](CCCCP(c1ccccc1)c1ccccc1)(c1ccccc1)c1ccccc1. The second-order valence-electron chi connectivity index (χ2n) is 10.7. The summed E-state index contributed by atoms with van der Waals surface area (Å²) in [6, 6.07) is 44.2. The van der Waals surface area contributed by atoms with E-state index in [0.717, 1.165) is 12.3 Å². The molecule has 0 aromatic heterocycles. The summed E-state index contributed by atoms with van der Waals surface area (Å²) < 4.78 is 5.68. The normalized spacial score (nSPS) is 12.8. The number of hydrogen-bond donors (Lipinski definition) is 0. The van der Waals surface area contributed by atoms with Crippen molar-refractivity contribution < 1.29 is 9.53 Å². The number of rotatable bonds is 14. The zero-order valence-corrected chi connectivity index (χ0v) is 27.1. The Hall–Kier alpha value is -2.31. The van der Waals surface area contributed by atoms with Gasteiger partial charge >= 0.3 is 252 Å². The van der Waals surface area contributed by atoms with Gasteiger partial charge in [-0.2, -0.15) is 0 Å². The molecule has 4 aromatic carbocycles. The molecule has 1 unspecified atom stereocenters. The van der Waals surface area contributed by atoms with E-state index in [-0.39, 0.29) is 16.7 Å². The first-order valence-corrected chi connectivity index (χ1v) is 19.1. The van der Waals surface area contributed by atoms with Crippen molar-refractivity contribution in [3.8, 4) is 0 Å². The Morgan fingerprint density at radius 3 is 1.62 bits per heavy atom. The molecule has 0 spiro atoms. The molecule has 0 amide bonds. The minimum absolute atomic E-state index is 0.105. The quantitative estimate of drug-likeness (QED) is 0.0631. The van der Waals surface area contributed by atoms with Crippen molar-refractivity contribution in [1.82, 2.24) is 0 Å². The molecule has 0 saturated carbocycles. The van der Waals surface area contributed by atoms with Gasteiger partial charge in [0.15, 0.2) is 0 Å². The molecule has 0 fully saturated rings. The molecular weight excluding hydrogens is 594 g/mol. The molecule has 0 bridgehead atoms. The summed E-state index contributed by atoms with van der Waals surface area (Å²) >= 11 is 3.94. The molecule has 0 heterocycles. The van der Waals surface area contributed by atoms with Crippen LogP contribution in [0.4, 0.5) is 0 Å². The zero-order valence-electron chi connectivity index (χ0n) is 23.6. The number of benzene rings is 4. The van der Waals surface area contributed by atoms with Gasteiger partial charge in [0, 0.05) is 0 Å². The summed E-state index contributed by atoms with van der Waals surface area (Å²) in [5, 5.41) is 5.81. The van der Waals surface area contributed by atoms with Gasteiger partial charge in [-0.05, 0) is 0 Å². The summed E-state index contributed by atoms with van der Waals surface area (Å²) in [5.41, 5.74) is 0. The van der Waals surface area contributed by atoms with Gasteiger partial charge in [0.05, 0.1) is 0 Å². The Bertz CT molecular complexity index is 1210. The summed E-state index contributed by atoms with van der Waals surface area (Å²) in [7, 11) is -2.57. The van der Waals surface area contributed by atoms with Crippen LogP contribution in [0.1, 0.15) is 26.7 Å². The number of alkyl halides is 1. The van der Waals surface area contributed by atoms with E-state index in [1.54, 1.807) is 0 Å². The Labute approximate surface area is 250 Å². The molecule has 0 radical (unpaired) electrons. The molecule has 4 rings (SSSR count). The monoisotopic (exact) mass is 634 g/mol. The van der Waals surface area contributed by atoms with E-state index in [1.807, 2.05) is 13.8 Å². The molecule has 5 heteroatoms. The number of ether oxygens (including phenoxy) is 1. The third-order valence-electron chi connectivity index (χ3n) is 7.47. The molecule has 2 nitrogen and oxygen atoms in total. The van der Waals surface area contributed by atoms with E-state index >= 15 is 0 Å². The van der Waals surface area contributed by atoms with Gasteiger partial charge in [-0.3, -0.25) is 0 Å². The van der Waals surface area contributed by atoms with E-state index in [9.17, 15) is 4.79 Å². The van der Waals surface area contributed by atoms with Crippen molar-refractivity contribution >= 4 is 58.3 Å². The molecule has 4 aromatic rings. The van der Waals surface area contributed by atoms with Crippen molar-refractivity contribution in [2.24, 2.45) is 5.92 Å². The molecule has 0 aliphatic rings. The van der Waals surface area contributed by atoms with Crippen LogP contribution in [0.5, 0.6) is 0 Å². The van der Waals surface area contributed by atoms with Crippen LogP contribution >= 0.6 is 31.1 Å². The van der Waals surface area contributed by atoms with Crippen molar-refractivity contribution in [3.63, 3.8) is 0 Å². The number of carbonyl (C=O) groups is 1. The van der Waals surface area contributed by atoms with E-state index in [1.165, 1.54) is 40.2 Å². The topological polar surface area (TPSA) is 26.3 Å². The number of esters is 1. The van der Waals surface area contributed by atoms with Crippen LogP contribution in [0.25, 0.3) is 0 Å². The third kappa shape index (κ3) is 8.36. The first-order chi connectivity index (χ1) is 19.5. The van der Waals surface area contributed by atoms with Crippen LogP contribution in [0.3, 0.4) is 0 Å². The number of carbonyl (C=O) groups excluding carboxylic acids is 1. The van der Waals surface area contributed by atoms with Crippen LogP contribution in [-0.4, -0.2) is 35.9 Å². The summed E-state index contributed by atoms with van der Waals surface area (Å²) in [4.78, 5) is 12.3. The molecule has 0 N–H and O–H groups in total. The average molecular weight is 636 g/mol. The Balaban J connectivity index is 1.57. The zero-order chi connectivity index (χ0) is 28.2. The Morgan fingerprint density at radius 1 is 0.725 bits per heavy atom. The van der Waals surface area contributed by atoms with Crippen molar-refractivity contribution in [2.75, 3.05) is 25.1 Å². The Kier molecular flexibility index (Phi) is 12.0. The first kappa shape index (κ1) is 30.6. The maximum absolute atomic E-state index is 12.2. The van der Waals surface area contributed by atoms with Gasteiger partial charge in [0.25, 0.3) is 0 Å². The molecule has 0 aliphatic carbocycles. The van der Waals surface area contributed by atoms with Gasteiger partial charge in [-0.15, -0.1) is 0 Å². The predicted octanol–water partition coefficient (Wildman–Crippen LogP) is 7.26. The molecule has 1 atom stereocenters. The standard InChI is InChI=1S/C35H41BrO2P2/c1-29(2)35(37)38-27-30(36)28-40(33-21-11-5-12-22-33,34-23-13-6-14-24-34)26-16-15-25-39(31-17-7-3-8-18-31)32-19-9-4-10-20-32/h3-14,17-24,29-30,40H,15-16,25-28H2,1-2H3. The second kappa shape index (κ2) is 15.6. The molecular formula is C35H41BrO2P2. The summed E-state index contributed by atoms with van der Waals surface area (Å²) in [5.74, 6) is -0.250. The van der Waals surface area contributed by atoms with Crippen molar-refractivity contribution in [2.45, 2.75) is 31.5 Å². The first-order valence-electron chi connectivity index (χ1n) is 14.3. The number of unbranched alkanes of at least 4 members (excludes halogenated alkanes) is 1. The van der Waals surface area contributed by atoms with Gasteiger partial charge in [0.2, 0.25) is 0 Å². The van der Waals surface area contributed by atoms with Crippen LogP contribution in [0.15, 0.2) is 121 Å².